The molecule has 1 aromatic carbocycles. The van der Waals surface area contributed by atoms with Crippen molar-refractivity contribution in [2.24, 2.45) is 0 Å². The third-order valence-corrected chi connectivity index (χ3v) is 6.18. The third-order valence-electron chi connectivity index (χ3n) is 5.34. The zero-order chi connectivity index (χ0) is 18.0. The van der Waals surface area contributed by atoms with Gasteiger partial charge in [0, 0.05) is 16.0 Å². The van der Waals surface area contributed by atoms with E-state index >= 15 is 0 Å². The van der Waals surface area contributed by atoms with Gasteiger partial charge in [-0.1, -0.05) is 53.7 Å². The van der Waals surface area contributed by atoms with E-state index in [0.717, 1.165) is 29.5 Å². The third kappa shape index (κ3) is 3.92. The van der Waals surface area contributed by atoms with E-state index in [0.29, 0.717) is 5.75 Å². The monoisotopic (exact) mass is 342 g/mol. The molecule has 0 amide bonds. The molecule has 130 valence electrons. The normalized spacial score (nSPS) is 12.9. The summed E-state index contributed by atoms with van der Waals surface area (Å²) >= 11 is 1.74. The lowest BCUT2D eigenvalue weighted by Gasteiger charge is -2.31. The van der Waals surface area contributed by atoms with Crippen molar-refractivity contribution in [1.82, 2.24) is 0 Å². The van der Waals surface area contributed by atoms with E-state index in [1.54, 1.807) is 11.3 Å². The summed E-state index contributed by atoms with van der Waals surface area (Å²) in [6.07, 6.45) is 6.30. The van der Waals surface area contributed by atoms with Crippen molar-refractivity contribution < 1.29 is 5.11 Å². The average molecular weight is 343 g/mol. The fourth-order valence-electron chi connectivity index (χ4n) is 2.73. The molecule has 0 fully saturated rings. The Morgan fingerprint density at radius 2 is 1.50 bits per heavy atom. The molecule has 2 rings (SSSR count). The minimum atomic E-state index is -0.0462. The molecule has 1 heterocycles. The minimum absolute atomic E-state index is 0.0462. The predicted octanol–water partition coefficient (Wildman–Crippen LogP) is 7.00. The highest BCUT2D eigenvalue weighted by Crippen LogP contribution is 2.42. The molecule has 1 aromatic heterocycles. The van der Waals surface area contributed by atoms with Gasteiger partial charge in [0.1, 0.15) is 5.75 Å². The Labute approximate surface area is 151 Å². The molecule has 0 atom stereocenters. The SMILES string of the molecule is CCC(C)(C)c1cc(/C=C/c2cccs2)cc(C(C)(C)CC)c1O. The first kappa shape index (κ1) is 18.8. The van der Waals surface area contributed by atoms with Crippen molar-refractivity contribution in [3.05, 3.63) is 51.2 Å². The van der Waals surface area contributed by atoms with Gasteiger partial charge in [0.15, 0.2) is 0 Å². The van der Waals surface area contributed by atoms with Gasteiger partial charge in [-0.25, -0.2) is 0 Å². The standard InChI is InChI=1S/C22H30OS/c1-7-21(3,4)18-14-16(11-12-17-10-9-13-24-17)15-19(20(18)23)22(5,6)8-2/h9-15,23H,7-8H2,1-6H3/b12-11+. The quantitative estimate of drug-likeness (QED) is 0.599. The molecule has 0 saturated heterocycles. The molecule has 2 heteroatoms. The molecular formula is C22H30OS. The largest absolute Gasteiger partial charge is 0.507 e. The Morgan fingerprint density at radius 1 is 0.958 bits per heavy atom. The molecule has 0 saturated carbocycles. The van der Waals surface area contributed by atoms with Gasteiger partial charge >= 0.3 is 0 Å². The summed E-state index contributed by atoms with van der Waals surface area (Å²) in [5.74, 6) is 0.474. The van der Waals surface area contributed by atoms with Gasteiger partial charge in [-0.3, -0.25) is 0 Å². The van der Waals surface area contributed by atoms with Crippen molar-refractivity contribution in [2.75, 3.05) is 0 Å². The second-order valence-corrected chi connectivity index (χ2v) is 8.77. The zero-order valence-electron chi connectivity index (χ0n) is 15.8. The van der Waals surface area contributed by atoms with Gasteiger partial charge in [0.05, 0.1) is 0 Å². The smallest absolute Gasteiger partial charge is 0.123 e. The molecule has 0 unspecified atom stereocenters. The Morgan fingerprint density at radius 3 is 1.92 bits per heavy atom. The van der Waals surface area contributed by atoms with Gasteiger partial charge in [-0.2, -0.15) is 0 Å². The molecule has 1 nitrogen and oxygen atoms in total. The van der Waals surface area contributed by atoms with E-state index in [9.17, 15) is 5.11 Å². The predicted molar refractivity (Wildman–Crippen MR) is 108 cm³/mol. The highest BCUT2D eigenvalue weighted by atomic mass is 32.1. The molecule has 2 aromatic rings. The Kier molecular flexibility index (Phi) is 5.59. The highest BCUT2D eigenvalue weighted by Gasteiger charge is 2.29. The van der Waals surface area contributed by atoms with Crippen LogP contribution >= 0.6 is 11.3 Å². The molecule has 0 bridgehead atoms. The van der Waals surface area contributed by atoms with Crippen LogP contribution in [0.1, 0.15) is 76.0 Å². The van der Waals surface area contributed by atoms with E-state index < -0.39 is 0 Å². The summed E-state index contributed by atoms with van der Waals surface area (Å²) in [7, 11) is 0. The number of hydrogen-bond acceptors (Lipinski definition) is 2. The van der Waals surface area contributed by atoms with Crippen LogP contribution in [-0.4, -0.2) is 5.11 Å². The van der Waals surface area contributed by atoms with Gasteiger partial charge in [0.2, 0.25) is 0 Å². The number of benzene rings is 1. The maximum absolute atomic E-state index is 11.0. The van der Waals surface area contributed by atoms with Crippen LogP contribution in [0.5, 0.6) is 5.75 Å². The Bertz CT molecular complexity index is 669. The lowest BCUT2D eigenvalue weighted by molar-refractivity contribution is 0.400. The van der Waals surface area contributed by atoms with Gasteiger partial charge in [-0.05, 0) is 58.9 Å². The summed E-state index contributed by atoms with van der Waals surface area (Å²) in [4.78, 5) is 1.25. The second-order valence-electron chi connectivity index (χ2n) is 7.79. The van der Waals surface area contributed by atoms with Crippen molar-refractivity contribution in [1.29, 1.82) is 0 Å². The lowest BCUT2D eigenvalue weighted by Crippen LogP contribution is -2.21. The molecule has 0 aliphatic carbocycles. The summed E-state index contributed by atoms with van der Waals surface area (Å²) in [5.41, 5.74) is 3.17. The fourth-order valence-corrected chi connectivity index (χ4v) is 3.35. The maximum atomic E-state index is 11.0. The Hall–Kier alpha value is -1.54. The van der Waals surface area contributed by atoms with Crippen LogP contribution in [0.2, 0.25) is 0 Å². The molecule has 0 radical (unpaired) electrons. The molecule has 0 aliphatic rings. The van der Waals surface area contributed by atoms with Gasteiger partial charge in [-0.15, -0.1) is 11.3 Å². The number of phenolic OH excluding ortho intramolecular Hbond substituents is 1. The number of thiophene rings is 1. The van der Waals surface area contributed by atoms with Crippen molar-refractivity contribution >= 4 is 23.5 Å². The first-order valence-electron chi connectivity index (χ1n) is 8.81. The summed E-state index contributed by atoms with van der Waals surface area (Å²) in [5, 5.41) is 13.1. The first-order valence-corrected chi connectivity index (χ1v) is 9.69. The van der Waals surface area contributed by atoms with Crippen LogP contribution < -0.4 is 0 Å². The van der Waals surface area contributed by atoms with Crippen molar-refractivity contribution in [2.45, 2.75) is 65.2 Å². The van der Waals surface area contributed by atoms with Crippen molar-refractivity contribution in [3.63, 3.8) is 0 Å². The molecule has 1 N–H and O–H groups in total. The highest BCUT2D eigenvalue weighted by molar-refractivity contribution is 7.10. The zero-order valence-corrected chi connectivity index (χ0v) is 16.6. The fraction of sp³-hybridized carbons (Fsp3) is 0.455. The number of phenols is 1. The molecule has 0 aliphatic heterocycles. The van der Waals surface area contributed by atoms with Crippen LogP contribution in [0.4, 0.5) is 0 Å². The van der Waals surface area contributed by atoms with Crippen LogP contribution in [-0.2, 0) is 10.8 Å². The van der Waals surface area contributed by atoms with Crippen LogP contribution in [0, 0.1) is 0 Å². The molecular weight excluding hydrogens is 312 g/mol. The van der Waals surface area contributed by atoms with E-state index in [4.69, 9.17) is 0 Å². The van der Waals surface area contributed by atoms with Crippen molar-refractivity contribution in [3.8, 4) is 5.75 Å². The topological polar surface area (TPSA) is 20.2 Å². The summed E-state index contributed by atoms with van der Waals surface area (Å²) in [6, 6.07) is 8.49. The number of hydrogen-bond donors (Lipinski definition) is 1. The number of rotatable bonds is 6. The van der Waals surface area contributed by atoms with E-state index in [2.05, 4.69) is 83.3 Å². The lowest BCUT2D eigenvalue weighted by atomic mass is 9.75. The van der Waals surface area contributed by atoms with Crippen LogP contribution in [0.15, 0.2) is 29.6 Å². The van der Waals surface area contributed by atoms with E-state index in [1.807, 2.05) is 0 Å². The maximum Gasteiger partial charge on any atom is 0.123 e. The van der Waals surface area contributed by atoms with E-state index in [1.165, 1.54) is 4.88 Å². The van der Waals surface area contributed by atoms with E-state index in [-0.39, 0.29) is 10.8 Å². The van der Waals surface area contributed by atoms with Crippen LogP contribution in [0.3, 0.4) is 0 Å². The average Bonchev–Trinajstić information content (AvgIpc) is 3.06. The first-order chi connectivity index (χ1) is 11.2. The second kappa shape index (κ2) is 7.14. The summed E-state index contributed by atoms with van der Waals surface area (Å²) in [6.45, 7) is 13.2. The summed E-state index contributed by atoms with van der Waals surface area (Å²) < 4.78 is 0. The van der Waals surface area contributed by atoms with Crippen LogP contribution in [0.25, 0.3) is 12.2 Å². The minimum Gasteiger partial charge on any atom is -0.507 e. The molecule has 24 heavy (non-hydrogen) atoms. The Balaban J connectivity index is 2.59. The number of aromatic hydroxyl groups is 1. The van der Waals surface area contributed by atoms with Gasteiger partial charge in [0.25, 0.3) is 0 Å². The van der Waals surface area contributed by atoms with Gasteiger partial charge < -0.3 is 5.11 Å². The molecule has 0 spiro atoms.